The molecule has 0 unspecified atom stereocenters. The van der Waals surface area contributed by atoms with Gasteiger partial charge in [-0.05, 0) is 38.1 Å². The van der Waals surface area contributed by atoms with E-state index in [0.717, 1.165) is 22.6 Å². The monoisotopic (exact) mass is 346 g/mol. The van der Waals surface area contributed by atoms with Crippen molar-refractivity contribution in [3.8, 4) is 5.69 Å². The van der Waals surface area contributed by atoms with Gasteiger partial charge in [0.1, 0.15) is 6.54 Å². The van der Waals surface area contributed by atoms with Crippen LogP contribution in [0, 0.1) is 13.8 Å². The quantitative estimate of drug-likeness (QED) is 0.853. The Balaban J connectivity index is 1.83. The summed E-state index contributed by atoms with van der Waals surface area (Å²) in [6.07, 6.45) is 0.242. The second-order valence-corrected chi connectivity index (χ2v) is 6.48. The van der Waals surface area contributed by atoms with Gasteiger partial charge in [-0.3, -0.25) is 9.59 Å². The van der Waals surface area contributed by atoms with Crippen LogP contribution in [0.15, 0.2) is 24.3 Å². The number of halogens is 1. The highest BCUT2D eigenvalue weighted by atomic mass is 35.5. The van der Waals surface area contributed by atoms with E-state index < -0.39 is 0 Å². The van der Waals surface area contributed by atoms with E-state index in [0.29, 0.717) is 11.7 Å². The second-order valence-electron chi connectivity index (χ2n) is 6.04. The number of benzene rings is 1. The Morgan fingerprint density at radius 1 is 1.25 bits per heavy atom. The number of hydrogen-bond donors (Lipinski definition) is 0. The predicted molar refractivity (Wildman–Crippen MR) is 91.1 cm³/mol. The number of hydrogen-bond acceptors (Lipinski definition) is 3. The smallest absolute Gasteiger partial charge is 0.243 e. The zero-order valence-corrected chi connectivity index (χ0v) is 14.7. The fourth-order valence-corrected chi connectivity index (χ4v) is 2.99. The molecular weight excluding hydrogens is 328 g/mol. The van der Waals surface area contributed by atoms with Crippen molar-refractivity contribution in [1.29, 1.82) is 0 Å². The summed E-state index contributed by atoms with van der Waals surface area (Å²) >= 11 is 5.93. The predicted octanol–water partition coefficient (Wildman–Crippen LogP) is 1.94. The molecule has 6 nitrogen and oxygen atoms in total. The summed E-state index contributed by atoms with van der Waals surface area (Å²) in [5.41, 5.74) is 3.53. The maximum absolute atomic E-state index is 12.5. The van der Waals surface area contributed by atoms with E-state index in [9.17, 15) is 9.59 Å². The lowest BCUT2D eigenvalue weighted by Gasteiger charge is -2.15. The molecule has 1 fully saturated rings. The van der Waals surface area contributed by atoms with Crippen LogP contribution >= 0.6 is 11.6 Å². The van der Waals surface area contributed by atoms with Crippen LogP contribution in [0.2, 0.25) is 5.02 Å². The van der Waals surface area contributed by atoms with Crippen molar-refractivity contribution < 1.29 is 9.59 Å². The molecule has 7 heteroatoms. The van der Waals surface area contributed by atoms with Crippen LogP contribution < -0.4 is 0 Å². The van der Waals surface area contributed by atoms with Gasteiger partial charge in [0.2, 0.25) is 11.8 Å². The summed E-state index contributed by atoms with van der Waals surface area (Å²) in [6.45, 7) is 4.33. The summed E-state index contributed by atoms with van der Waals surface area (Å²) in [5.74, 6) is -0.0943. The van der Waals surface area contributed by atoms with E-state index in [4.69, 9.17) is 11.6 Å². The van der Waals surface area contributed by atoms with Gasteiger partial charge >= 0.3 is 0 Å². The number of amides is 2. The number of likely N-dealkylation sites (N-methyl/N-ethyl adjacent to an activating group) is 1. The molecule has 0 atom stereocenters. The minimum absolute atomic E-state index is 0.0337. The lowest BCUT2D eigenvalue weighted by molar-refractivity contribution is -0.131. The highest BCUT2D eigenvalue weighted by Crippen LogP contribution is 2.21. The third kappa shape index (κ3) is 3.01. The normalized spacial score (nSPS) is 14.6. The standard InChI is InChI=1S/C17H19ClN4O2/c1-11-15(8-16(23)21-9-17(24)20(3)10-21)12(2)22(19-11)14-6-4-13(18)5-7-14/h4-7H,8-10H2,1-3H3. The largest absolute Gasteiger partial charge is 0.326 e. The molecule has 0 bridgehead atoms. The first kappa shape index (κ1) is 16.5. The maximum Gasteiger partial charge on any atom is 0.243 e. The van der Waals surface area contributed by atoms with Gasteiger partial charge in [0.25, 0.3) is 0 Å². The summed E-state index contributed by atoms with van der Waals surface area (Å²) < 4.78 is 1.82. The van der Waals surface area contributed by atoms with Gasteiger partial charge in [-0.2, -0.15) is 5.10 Å². The van der Waals surface area contributed by atoms with E-state index in [2.05, 4.69) is 5.10 Å². The molecule has 1 aliphatic rings. The summed E-state index contributed by atoms with van der Waals surface area (Å²) in [6, 6.07) is 7.40. The van der Waals surface area contributed by atoms with E-state index >= 15 is 0 Å². The molecule has 2 amide bonds. The Morgan fingerprint density at radius 3 is 2.50 bits per heavy atom. The molecule has 1 aliphatic heterocycles. The van der Waals surface area contributed by atoms with Crippen molar-refractivity contribution in [2.24, 2.45) is 0 Å². The second kappa shape index (κ2) is 6.28. The molecular formula is C17H19ClN4O2. The third-order valence-electron chi connectivity index (χ3n) is 4.33. The Labute approximate surface area is 145 Å². The van der Waals surface area contributed by atoms with Crippen LogP contribution in [-0.4, -0.2) is 51.7 Å². The third-order valence-corrected chi connectivity index (χ3v) is 4.58. The van der Waals surface area contributed by atoms with Gasteiger partial charge in [0.15, 0.2) is 0 Å². The minimum atomic E-state index is -0.0606. The van der Waals surface area contributed by atoms with Gasteiger partial charge in [-0.25, -0.2) is 4.68 Å². The van der Waals surface area contributed by atoms with Crippen LogP contribution in [0.1, 0.15) is 17.0 Å². The van der Waals surface area contributed by atoms with Gasteiger partial charge in [-0.15, -0.1) is 0 Å². The molecule has 0 radical (unpaired) electrons. The molecule has 2 aromatic rings. The zero-order chi connectivity index (χ0) is 17.4. The average Bonchev–Trinajstić information content (AvgIpc) is 3.02. The Morgan fingerprint density at radius 2 is 1.92 bits per heavy atom. The average molecular weight is 347 g/mol. The number of nitrogens with zero attached hydrogens (tertiary/aromatic N) is 4. The Hall–Kier alpha value is -2.34. The van der Waals surface area contributed by atoms with E-state index in [-0.39, 0.29) is 24.8 Å². The molecule has 3 rings (SSSR count). The van der Waals surface area contributed by atoms with Gasteiger partial charge < -0.3 is 9.80 Å². The van der Waals surface area contributed by atoms with Crippen LogP contribution in [-0.2, 0) is 16.0 Å². The fraction of sp³-hybridized carbons (Fsp3) is 0.353. The molecule has 0 N–H and O–H groups in total. The first-order valence-corrected chi connectivity index (χ1v) is 8.07. The molecule has 1 aromatic carbocycles. The number of carbonyl (C=O) groups is 2. The maximum atomic E-state index is 12.5. The van der Waals surface area contributed by atoms with Crippen LogP contribution in [0.5, 0.6) is 0 Å². The number of rotatable bonds is 3. The lowest BCUT2D eigenvalue weighted by Crippen LogP contribution is -2.31. The van der Waals surface area contributed by atoms with Crippen LogP contribution in [0.3, 0.4) is 0 Å². The Kier molecular flexibility index (Phi) is 4.32. The Bertz CT molecular complexity index is 798. The van der Waals surface area contributed by atoms with E-state index in [1.807, 2.05) is 42.8 Å². The summed E-state index contributed by atoms with van der Waals surface area (Å²) in [7, 11) is 1.70. The van der Waals surface area contributed by atoms with Gasteiger partial charge in [0.05, 0.1) is 24.5 Å². The molecule has 0 aliphatic carbocycles. The van der Waals surface area contributed by atoms with E-state index in [1.165, 1.54) is 0 Å². The number of aryl methyl sites for hydroxylation is 1. The fourth-order valence-electron chi connectivity index (χ4n) is 2.86. The molecule has 2 heterocycles. The van der Waals surface area contributed by atoms with Crippen molar-refractivity contribution in [3.63, 3.8) is 0 Å². The van der Waals surface area contributed by atoms with Crippen LogP contribution in [0.4, 0.5) is 0 Å². The minimum Gasteiger partial charge on any atom is -0.326 e. The molecule has 1 aromatic heterocycles. The molecule has 1 saturated heterocycles. The molecule has 24 heavy (non-hydrogen) atoms. The highest BCUT2D eigenvalue weighted by molar-refractivity contribution is 6.30. The topological polar surface area (TPSA) is 58.4 Å². The first-order valence-electron chi connectivity index (χ1n) is 7.69. The van der Waals surface area contributed by atoms with Crippen molar-refractivity contribution >= 4 is 23.4 Å². The summed E-state index contributed by atoms with van der Waals surface area (Å²) in [4.78, 5) is 27.2. The van der Waals surface area contributed by atoms with E-state index in [1.54, 1.807) is 16.8 Å². The summed E-state index contributed by atoms with van der Waals surface area (Å²) in [5, 5.41) is 5.21. The zero-order valence-electron chi connectivity index (χ0n) is 13.9. The van der Waals surface area contributed by atoms with Crippen molar-refractivity contribution in [2.45, 2.75) is 20.3 Å². The lowest BCUT2D eigenvalue weighted by atomic mass is 10.1. The SMILES string of the molecule is Cc1nn(-c2ccc(Cl)cc2)c(C)c1CC(=O)N1CC(=O)N(C)C1. The first-order chi connectivity index (χ1) is 11.4. The van der Waals surface area contributed by atoms with Crippen molar-refractivity contribution in [1.82, 2.24) is 19.6 Å². The van der Waals surface area contributed by atoms with Crippen molar-refractivity contribution in [2.75, 3.05) is 20.3 Å². The molecule has 0 spiro atoms. The van der Waals surface area contributed by atoms with Crippen molar-refractivity contribution in [3.05, 3.63) is 46.2 Å². The molecule has 126 valence electrons. The number of aromatic nitrogens is 2. The highest BCUT2D eigenvalue weighted by Gasteiger charge is 2.29. The van der Waals surface area contributed by atoms with Gasteiger partial charge in [-0.1, -0.05) is 11.6 Å². The molecule has 0 saturated carbocycles. The number of carbonyl (C=O) groups excluding carboxylic acids is 2. The van der Waals surface area contributed by atoms with Gasteiger partial charge in [0, 0.05) is 23.3 Å². The van der Waals surface area contributed by atoms with Crippen LogP contribution in [0.25, 0.3) is 5.69 Å².